The molecule has 1 atom stereocenters. The minimum atomic E-state index is 0.210. The molecule has 0 aliphatic heterocycles. The van der Waals surface area contributed by atoms with Crippen molar-refractivity contribution in [3.8, 4) is 0 Å². The molecule has 0 saturated heterocycles. The highest BCUT2D eigenvalue weighted by Crippen LogP contribution is 2.14. The molecule has 2 aromatic heterocycles. The van der Waals surface area contributed by atoms with Gasteiger partial charge in [-0.1, -0.05) is 0 Å². The molecule has 0 spiro atoms. The lowest BCUT2D eigenvalue weighted by atomic mass is 10.2. The number of anilines is 1. The minimum absolute atomic E-state index is 0.210. The number of rotatable bonds is 3. The van der Waals surface area contributed by atoms with Crippen molar-refractivity contribution in [3.05, 3.63) is 42.6 Å². The van der Waals surface area contributed by atoms with Gasteiger partial charge in [0, 0.05) is 24.3 Å². The van der Waals surface area contributed by atoms with Gasteiger partial charge in [-0.05, 0) is 19.1 Å². The van der Waals surface area contributed by atoms with Crippen molar-refractivity contribution in [1.82, 2.24) is 15.0 Å². The van der Waals surface area contributed by atoms with E-state index in [2.05, 4.69) is 27.2 Å². The van der Waals surface area contributed by atoms with Gasteiger partial charge in [-0.15, -0.1) is 0 Å². The standard InChI is InChI=1S/C10H12N4/c1-8(9-3-2-4-12-9)14-10-7-11-5-6-13-10/h2-8,12H,1H3,(H,13,14). The van der Waals surface area contributed by atoms with Gasteiger partial charge in [0.05, 0.1) is 12.2 Å². The predicted molar refractivity (Wildman–Crippen MR) is 54.9 cm³/mol. The number of aromatic amines is 1. The second kappa shape index (κ2) is 3.91. The number of nitrogens with one attached hydrogen (secondary N) is 2. The topological polar surface area (TPSA) is 53.6 Å². The summed E-state index contributed by atoms with van der Waals surface area (Å²) in [6, 6.07) is 4.22. The highest BCUT2D eigenvalue weighted by Gasteiger charge is 2.05. The van der Waals surface area contributed by atoms with Crippen LogP contribution < -0.4 is 5.32 Å². The zero-order valence-corrected chi connectivity index (χ0v) is 7.94. The molecule has 1 unspecified atom stereocenters. The van der Waals surface area contributed by atoms with Crippen molar-refractivity contribution < 1.29 is 0 Å². The molecule has 0 radical (unpaired) electrons. The van der Waals surface area contributed by atoms with Gasteiger partial charge >= 0.3 is 0 Å². The van der Waals surface area contributed by atoms with Crippen LogP contribution in [-0.2, 0) is 0 Å². The third-order valence-electron chi connectivity index (χ3n) is 2.02. The Morgan fingerprint density at radius 1 is 1.43 bits per heavy atom. The molecule has 4 heteroatoms. The fraction of sp³-hybridized carbons (Fsp3) is 0.200. The smallest absolute Gasteiger partial charge is 0.144 e. The van der Waals surface area contributed by atoms with Crippen LogP contribution in [0.15, 0.2) is 36.9 Å². The number of hydrogen-bond donors (Lipinski definition) is 2. The molecule has 2 heterocycles. The van der Waals surface area contributed by atoms with E-state index in [1.54, 1.807) is 18.6 Å². The highest BCUT2D eigenvalue weighted by molar-refractivity contribution is 5.33. The molecule has 2 N–H and O–H groups in total. The van der Waals surface area contributed by atoms with E-state index in [9.17, 15) is 0 Å². The predicted octanol–water partition coefficient (Wildman–Crippen LogP) is 1.98. The van der Waals surface area contributed by atoms with Gasteiger partial charge in [0.25, 0.3) is 0 Å². The lowest BCUT2D eigenvalue weighted by Gasteiger charge is -2.12. The molecular weight excluding hydrogens is 176 g/mol. The average Bonchev–Trinajstić information content (AvgIpc) is 2.72. The normalized spacial score (nSPS) is 12.4. The van der Waals surface area contributed by atoms with Gasteiger partial charge in [-0.2, -0.15) is 0 Å². The summed E-state index contributed by atoms with van der Waals surface area (Å²) in [6.45, 7) is 2.07. The van der Waals surface area contributed by atoms with E-state index in [1.165, 1.54) is 0 Å². The average molecular weight is 188 g/mol. The lowest BCUT2D eigenvalue weighted by Crippen LogP contribution is -2.08. The first-order valence-corrected chi connectivity index (χ1v) is 4.52. The van der Waals surface area contributed by atoms with Crippen molar-refractivity contribution in [3.63, 3.8) is 0 Å². The van der Waals surface area contributed by atoms with Crippen LogP contribution in [0, 0.1) is 0 Å². The van der Waals surface area contributed by atoms with Crippen LogP contribution in [0.3, 0.4) is 0 Å². The first-order valence-electron chi connectivity index (χ1n) is 4.52. The van der Waals surface area contributed by atoms with Crippen LogP contribution in [0.1, 0.15) is 18.7 Å². The molecule has 2 aromatic rings. The van der Waals surface area contributed by atoms with Crippen LogP contribution in [0.5, 0.6) is 0 Å². The van der Waals surface area contributed by atoms with Gasteiger partial charge in [-0.25, -0.2) is 4.98 Å². The fourth-order valence-electron chi connectivity index (χ4n) is 1.29. The van der Waals surface area contributed by atoms with Crippen molar-refractivity contribution in [2.45, 2.75) is 13.0 Å². The number of hydrogen-bond acceptors (Lipinski definition) is 3. The minimum Gasteiger partial charge on any atom is -0.363 e. The Hall–Kier alpha value is -1.84. The maximum absolute atomic E-state index is 4.14. The van der Waals surface area contributed by atoms with Gasteiger partial charge in [0.1, 0.15) is 5.82 Å². The Labute approximate surface area is 82.4 Å². The van der Waals surface area contributed by atoms with Crippen molar-refractivity contribution >= 4 is 5.82 Å². The van der Waals surface area contributed by atoms with Gasteiger partial charge in [0.15, 0.2) is 0 Å². The van der Waals surface area contributed by atoms with E-state index >= 15 is 0 Å². The zero-order valence-electron chi connectivity index (χ0n) is 7.94. The van der Waals surface area contributed by atoms with Crippen molar-refractivity contribution in [2.24, 2.45) is 0 Å². The van der Waals surface area contributed by atoms with Crippen molar-refractivity contribution in [1.29, 1.82) is 0 Å². The van der Waals surface area contributed by atoms with E-state index in [4.69, 9.17) is 0 Å². The molecule has 0 fully saturated rings. The molecular formula is C10H12N4. The summed E-state index contributed by atoms with van der Waals surface area (Å²) in [5, 5.41) is 3.24. The first kappa shape index (κ1) is 8.74. The van der Waals surface area contributed by atoms with E-state index in [0.717, 1.165) is 11.5 Å². The largest absolute Gasteiger partial charge is 0.363 e. The van der Waals surface area contributed by atoms with Crippen LogP contribution in [0.25, 0.3) is 0 Å². The fourth-order valence-corrected chi connectivity index (χ4v) is 1.29. The molecule has 0 saturated carbocycles. The van der Waals surface area contributed by atoms with E-state index in [1.807, 2.05) is 18.3 Å². The molecule has 72 valence electrons. The van der Waals surface area contributed by atoms with Gasteiger partial charge < -0.3 is 10.3 Å². The Morgan fingerprint density at radius 2 is 2.36 bits per heavy atom. The number of H-pyrrole nitrogens is 1. The van der Waals surface area contributed by atoms with Crippen LogP contribution >= 0.6 is 0 Å². The summed E-state index contributed by atoms with van der Waals surface area (Å²) in [6.07, 6.45) is 6.94. The molecule has 0 aromatic carbocycles. The SMILES string of the molecule is CC(Nc1cnccn1)c1ccc[nH]1. The van der Waals surface area contributed by atoms with Gasteiger partial charge in [0.2, 0.25) is 0 Å². The molecule has 0 amide bonds. The second-order valence-corrected chi connectivity index (χ2v) is 3.08. The Kier molecular flexibility index (Phi) is 2.44. The van der Waals surface area contributed by atoms with Gasteiger partial charge in [-0.3, -0.25) is 4.98 Å². The molecule has 2 rings (SSSR count). The lowest BCUT2D eigenvalue weighted by molar-refractivity contribution is 0.839. The number of nitrogens with zero attached hydrogens (tertiary/aromatic N) is 2. The maximum Gasteiger partial charge on any atom is 0.144 e. The van der Waals surface area contributed by atoms with Crippen molar-refractivity contribution in [2.75, 3.05) is 5.32 Å². The summed E-state index contributed by atoms with van der Waals surface area (Å²) in [5.74, 6) is 0.787. The van der Waals surface area contributed by atoms with E-state index < -0.39 is 0 Å². The quantitative estimate of drug-likeness (QED) is 0.774. The molecule has 0 aliphatic carbocycles. The van der Waals surface area contributed by atoms with E-state index in [-0.39, 0.29) is 6.04 Å². The van der Waals surface area contributed by atoms with Crippen LogP contribution in [0.2, 0.25) is 0 Å². The Morgan fingerprint density at radius 3 is 3.00 bits per heavy atom. The molecule has 0 bridgehead atoms. The van der Waals surface area contributed by atoms with Crippen LogP contribution in [0.4, 0.5) is 5.82 Å². The van der Waals surface area contributed by atoms with E-state index in [0.29, 0.717) is 0 Å². The summed E-state index contributed by atoms with van der Waals surface area (Å²) >= 11 is 0. The second-order valence-electron chi connectivity index (χ2n) is 3.08. The summed E-state index contributed by atoms with van der Waals surface area (Å²) < 4.78 is 0. The number of aromatic nitrogens is 3. The molecule has 4 nitrogen and oxygen atoms in total. The monoisotopic (exact) mass is 188 g/mol. The Balaban J connectivity index is 2.06. The summed E-state index contributed by atoms with van der Waals surface area (Å²) in [5.41, 5.74) is 1.13. The summed E-state index contributed by atoms with van der Waals surface area (Å²) in [4.78, 5) is 11.3. The third kappa shape index (κ3) is 1.90. The summed E-state index contributed by atoms with van der Waals surface area (Å²) in [7, 11) is 0. The third-order valence-corrected chi connectivity index (χ3v) is 2.02. The first-order chi connectivity index (χ1) is 6.86. The zero-order chi connectivity index (χ0) is 9.80. The molecule has 0 aliphatic rings. The highest BCUT2D eigenvalue weighted by atomic mass is 15.0. The molecule has 14 heavy (non-hydrogen) atoms. The van der Waals surface area contributed by atoms with Crippen LogP contribution in [-0.4, -0.2) is 15.0 Å². The Bertz CT molecular complexity index is 368. The maximum atomic E-state index is 4.14.